The van der Waals surface area contributed by atoms with Gasteiger partial charge in [0.1, 0.15) is 0 Å². The van der Waals surface area contributed by atoms with Crippen molar-refractivity contribution in [3.05, 3.63) is 101 Å². The zero-order chi connectivity index (χ0) is 25.4. The molecule has 0 unspecified atom stereocenters. The van der Waals surface area contributed by atoms with E-state index in [4.69, 9.17) is 9.47 Å². The van der Waals surface area contributed by atoms with Crippen LogP contribution in [0.3, 0.4) is 0 Å². The molecule has 3 rings (SSSR count). The highest BCUT2D eigenvalue weighted by atomic mass is 16.6. The molecule has 0 radical (unpaired) electrons. The molecule has 0 fully saturated rings. The molecule has 2 atom stereocenters. The number of carboxylic acids is 1. The number of hydrogen-bond acceptors (Lipinski definition) is 7. The summed E-state index contributed by atoms with van der Waals surface area (Å²) >= 11 is 0. The number of nitrogens with zero attached hydrogens (tertiary/aromatic N) is 1. The summed E-state index contributed by atoms with van der Waals surface area (Å²) in [5.41, 5.74) is 2.45. The van der Waals surface area contributed by atoms with Crippen LogP contribution >= 0.6 is 0 Å². The van der Waals surface area contributed by atoms with Gasteiger partial charge in [-0.1, -0.05) is 41.5 Å². The maximum absolute atomic E-state index is 13.0. The number of carbonyl (C=O) groups is 4. The highest BCUT2D eigenvalue weighted by Crippen LogP contribution is 2.15. The van der Waals surface area contributed by atoms with E-state index in [2.05, 4.69) is 10.3 Å². The SMILES string of the molecule is Cc1ccc(C(=O)O[C@H](C(=O)O)[C@@H](OC(=O)c2ccc(C)cc2)C(=O)NCc2ccccn2)cc1. The lowest BCUT2D eigenvalue weighted by Crippen LogP contribution is -2.50. The topological polar surface area (TPSA) is 132 Å². The lowest BCUT2D eigenvalue weighted by Gasteiger charge is -2.23. The minimum Gasteiger partial charge on any atom is -0.478 e. The van der Waals surface area contributed by atoms with Crippen LogP contribution < -0.4 is 5.32 Å². The van der Waals surface area contributed by atoms with E-state index in [9.17, 15) is 24.3 Å². The predicted octanol–water partition coefficient (Wildman–Crippen LogP) is 2.85. The van der Waals surface area contributed by atoms with Gasteiger partial charge in [0, 0.05) is 6.20 Å². The van der Waals surface area contributed by atoms with Crippen molar-refractivity contribution < 1.29 is 33.8 Å². The zero-order valence-electron chi connectivity index (χ0n) is 19.1. The molecular formula is C26H24N2O7. The number of esters is 2. The van der Waals surface area contributed by atoms with Crippen LogP contribution in [0.15, 0.2) is 72.9 Å². The van der Waals surface area contributed by atoms with E-state index >= 15 is 0 Å². The molecule has 9 heteroatoms. The Morgan fingerprint density at radius 1 is 0.800 bits per heavy atom. The molecule has 0 spiro atoms. The quantitative estimate of drug-likeness (QED) is 0.451. The van der Waals surface area contributed by atoms with Crippen LogP contribution in [-0.2, 0) is 25.6 Å². The fraction of sp³-hybridized carbons (Fsp3) is 0.192. The molecule has 35 heavy (non-hydrogen) atoms. The summed E-state index contributed by atoms with van der Waals surface area (Å²) in [4.78, 5) is 54.4. The minimum atomic E-state index is -2.10. The van der Waals surface area contributed by atoms with Gasteiger partial charge in [-0.3, -0.25) is 9.78 Å². The monoisotopic (exact) mass is 476 g/mol. The third kappa shape index (κ3) is 6.97. The Bertz CT molecular complexity index is 1190. The third-order valence-corrected chi connectivity index (χ3v) is 4.99. The molecule has 0 aliphatic heterocycles. The van der Waals surface area contributed by atoms with Crippen LogP contribution in [0.1, 0.15) is 37.5 Å². The Morgan fingerprint density at radius 2 is 1.31 bits per heavy atom. The summed E-state index contributed by atoms with van der Waals surface area (Å²) in [6.07, 6.45) is -2.53. The number of amides is 1. The fourth-order valence-electron chi connectivity index (χ4n) is 3.02. The van der Waals surface area contributed by atoms with Crippen LogP contribution in [0.25, 0.3) is 0 Å². The summed E-state index contributed by atoms with van der Waals surface area (Å²) in [6.45, 7) is 3.59. The first-order valence-electron chi connectivity index (χ1n) is 10.7. The number of aromatic nitrogens is 1. The van der Waals surface area contributed by atoms with Crippen molar-refractivity contribution in [2.75, 3.05) is 0 Å². The number of ether oxygens (including phenoxy) is 2. The molecule has 0 saturated carbocycles. The van der Waals surface area contributed by atoms with Gasteiger partial charge in [0.15, 0.2) is 0 Å². The van der Waals surface area contributed by atoms with E-state index in [0.29, 0.717) is 5.69 Å². The second-order valence-electron chi connectivity index (χ2n) is 7.76. The minimum absolute atomic E-state index is 0.0590. The second-order valence-corrected chi connectivity index (χ2v) is 7.76. The molecule has 9 nitrogen and oxygen atoms in total. The van der Waals surface area contributed by atoms with Crippen molar-refractivity contribution in [1.29, 1.82) is 0 Å². The van der Waals surface area contributed by atoms with E-state index in [0.717, 1.165) is 11.1 Å². The number of aliphatic carboxylic acids is 1. The normalized spacial score (nSPS) is 12.2. The summed E-state index contributed by atoms with van der Waals surface area (Å²) in [7, 11) is 0. The van der Waals surface area contributed by atoms with Crippen molar-refractivity contribution in [1.82, 2.24) is 10.3 Å². The summed E-state index contributed by atoms with van der Waals surface area (Å²) in [6, 6.07) is 17.6. The van der Waals surface area contributed by atoms with Gasteiger partial charge >= 0.3 is 17.9 Å². The van der Waals surface area contributed by atoms with Gasteiger partial charge in [-0.05, 0) is 50.2 Å². The Morgan fingerprint density at radius 3 is 1.77 bits per heavy atom. The Hall–Kier alpha value is -4.53. The molecule has 3 aromatic rings. The summed E-state index contributed by atoms with van der Waals surface area (Å²) < 4.78 is 10.4. The van der Waals surface area contributed by atoms with Crippen LogP contribution in [0.2, 0.25) is 0 Å². The molecule has 1 amide bonds. The Kier molecular flexibility index (Phi) is 8.29. The molecule has 0 aliphatic rings. The Labute approximate surface area is 201 Å². The number of aryl methyl sites for hydroxylation is 2. The van der Waals surface area contributed by atoms with Gasteiger partial charge in [-0.25, -0.2) is 14.4 Å². The standard InChI is InChI=1S/C26H24N2O7/c1-16-6-10-18(11-7-16)25(32)34-21(23(29)28-15-20-5-3-4-14-27-20)22(24(30)31)35-26(33)19-12-8-17(2)9-13-19/h3-14,21-22H,15H2,1-2H3,(H,28,29)(H,30,31)/t21-,22+/m1/s1. The third-order valence-electron chi connectivity index (χ3n) is 4.99. The maximum Gasteiger partial charge on any atom is 0.349 e. The number of hydrogen-bond donors (Lipinski definition) is 2. The first kappa shape index (κ1) is 25.1. The average molecular weight is 476 g/mol. The molecule has 0 saturated heterocycles. The van der Waals surface area contributed by atoms with Crippen LogP contribution in [0.5, 0.6) is 0 Å². The van der Waals surface area contributed by atoms with E-state index in [-0.39, 0.29) is 17.7 Å². The number of rotatable bonds is 9. The van der Waals surface area contributed by atoms with E-state index in [1.165, 1.54) is 30.5 Å². The van der Waals surface area contributed by atoms with Crippen molar-refractivity contribution >= 4 is 23.8 Å². The van der Waals surface area contributed by atoms with Crippen LogP contribution in [0, 0.1) is 13.8 Å². The van der Waals surface area contributed by atoms with Gasteiger partial charge in [-0.15, -0.1) is 0 Å². The number of carbonyl (C=O) groups excluding carboxylic acids is 3. The van der Waals surface area contributed by atoms with Crippen molar-refractivity contribution in [2.45, 2.75) is 32.6 Å². The van der Waals surface area contributed by atoms with Gasteiger partial charge in [-0.2, -0.15) is 0 Å². The number of pyridine rings is 1. The number of benzene rings is 2. The molecule has 1 aromatic heterocycles. The highest BCUT2D eigenvalue weighted by Gasteiger charge is 2.40. The van der Waals surface area contributed by atoms with Gasteiger partial charge in [0.25, 0.3) is 5.91 Å². The first-order chi connectivity index (χ1) is 16.7. The van der Waals surface area contributed by atoms with Crippen molar-refractivity contribution in [3.63, 3.8) is 0 Å². The van der Waals surface area contributed by atoms with Gasteiger partial charge in [0.2, 0.25) is 12.2 Å². The van der Waals surface area contributed by atoms with Crippen molar-refractivity contribution in [2.24, 2.45) is 0 Å². The molecular weight excluding hydrogens is 452 g/mol. The molecule has 180 valence electrons. The van der Waals surface area contributed by atoms with Crippen molar-refractivity contribution in [3.8, 4) is 0 Å². The first-order valence-corrected chi connectivity index (χ1v) is 10.7. The highest BCUT2D eigenvalue weighted by molar-refractivity contribution is 5.96. The fourth-order valence-corrected chi connectivity index (χ4v) is 3.02. The van der Waals surface area contributed by atoms with Gasteiger partial charge < -0.3 is 19.9 Å². The molecule has 2 aromatic carbocycles. The van der Waals surface area contributed by atoms with E-state index < -0.39 is 36.0 Å². The smallest absolute Gasteiger partial charge is 0.349 e. The molecule has 1 heterocycles. The van der Waals surface area contributed by atoms with Crippen LogP contribution in [0.4, 0.5) is 0 Å². The number of carboxylic acid groups (broad SMARTS) is 1. The zero-order valence-corrected chi connectivity index (χ0v) is 19.1. The van der Waals surface area contributed by atoms with E-state index in [1.54, 1.807) is 42.5 Å². The molecule has 0 aliphatic carbocycles. The molecule has 2 N–H and O–H groups in total. The maximum atomic E-state index is 13.0. The van der Waals surface area contributed by atoms with Crippen LogP contribution in [-0.4, -0.2) is 46.1 Å². The van der Waals surface area contributed by atoms with Gasteiger partial charge in [0.05, 0.1) is 23.4 Å². The largest absolute Gasteiger partial charge is 0.478 e. The summed E-state index contributed by atoms with van der Waals surface area (Å²) in [5.74, 6) is -4.53. The average Bonchev–Trinajstić information content (AvgIpc) is 2.85. The summed E-state index contributed by atoms with van der Waals surface area (Å²) in [5, 5.41) is 12.3. The van der Waals surface area contributed by atoms with E-state index in [1.807, 2.05) is 13.8 Å². The lowest BCUT2D eigenvalue weighted by molar-refractivity contribution is -0.159. The predicted molar refractivity (Wildman–Crippen MR) is 124 cm³/mol. The lowest BCUT2D eigenvalue weighted by atomic mass is 10.1. The second kappa shape index (κ2) is 11.6. The Balaban J connectivity index is 1.85. The molecule has 0 bridgehead atoms. The number of nitrogens with one attached hydrogen (secondary N) is 1.